The molecule has 2 aromatic carbocycles. The highest BCUT2D eigenvalue weighted by molar-refractivity contribution is 7.92. The minimum absolute atomic E-state index is 0.127. The van der Waals surface area contributed by atoms with Crippen LogP contribution in [0.2, 0.25) is 0 Å². The molecule has 11 heteroatoms. The number of carbonyl (C=O) groups is 1. The van der Waals surface area contributed by atoms with Gasteiger partial charge in [-0.05, 0) is 43.7 Å². The maximum atomic E-state index is 12.7. The molecule has 3 rings (SSSR count). The number of ether oxygens (including phenoxy) is 1. The largest absolute Gasteiger partial charge is 0.502 e. The Hall–Kier alpha value is -3.34. The lowest BCUT2D eigenvalue weighted by atomic mass is 10.2. The van der Waals surface area contributed by atoms with Gasteiger partial charge in [-0.25, -0.2) is 8.42 Å². The Morgan fingerprint density at radius 3 is 2.67 bits per heavy atom. The third kappa shape index (κ3) is 3.49. The van der Waals surface area contributed by atoms with E-state index in [2.05, 4.69) is 10.0 Å². The molecule has 27 heavy (non-hydrogen) atoms. The van der Waals surface area contributed by atoms with Crippen molar-refractivity contribution in [2.24, 2.45) is 0 Å². The molecule has 1 aliphatic heterocycles. The van der Waals surface area contributed by atoms with E-state index in [1.165, 1.54) is 25.1 Å². The number of aryl methyl sites for hydroxylation is 1. The van der Waals surface area contributed by atoms with Gasteiger partial charge in [0.15, 0.2) is 11.9 Å². The highest BCUT2D eigenvalue weighted by Gasteiger charge is 2.26. The van der Waals surface area contributed by atoms with Crippen molar-refractivity contribution >= 4 is 33.0 Å². The van der Waals surface area contributed by atoms with E-state index < -0.39 is 32.5 Å². The fourth-order valence-electron chi connectivity index (χ4n) is 2.58. The molecular weight excluding hydrogens is 378 g/mol. The first-order chi connectivity index (χ1) is 12.6. The topological polar surface area (TPSA) is 148 Å². The summed E-state index contributed by atoms with van der Waals surface area (Å²) in [6, 6.07) is 6.10. The van der Waals surface area contributed by atoms with Gasteiger partial charge in [-0.2, -0.15) is 0 Å². The molecule has 1 amide bonds. The smallest absolute Gasteiger partial charge is 0.312 e. The van der Waals surface area contributed by atoms with E-state index in [4.69, 9.17) is 4.74 Å². The Kier molecular flexibility index (Phi) is 4.39. The molecule has 0 spiro atoms. The number of nitro benzene ring substituents is 1. The lowest BCUT2D eigenvalue weighted by Gasteiger charge is -2.23. The minimum Gasteiger partial charge on any atom is -0.502 e. The first-order valence-electron chi connectivity index (χ1n) is 7.71. The second-order valence-electron chi connectivity index (χ2n) is 5.93. The van der Waals surface area contributed by atoms with Gasteiger partial charge in [-0.15, -0.1) is 0 Å². The van der Waals surface area contributed by atoms with E-state index in [9.17, 15) is 28.4 Å². The zero-order valence-corrected chi connectivity index (χ0v) is 15.0. The van der Waals surface area contributed by atoms with Gasteiger partial charge in [-0.3, -0.25) is 19.6 Å². The number of phenolic OH excluding ortho intramolecular Hbond substituents is 1. The second-order valence-corrected chi connectivity index (χ2v) is 7.58. The number of amides is 1. The summed E-state index contributed by atoms with van der Waals surface area (Å²) >= 11 is 0. The standard InChI is InChI=1S/C16H15N3O7S/c1-8-5-13(20)12(19(22)23)7-15(8)27(24,25)18-10-3-4-14-11(6-10)17-16(21)9(2)26-14/h3-7,9,18,20H,1-2H3,(H,17,21)/t9-/m0/s1. The van der Waals surface area contributed by atoms with Gasteiger partial charge in [0.25, 0.3) is 15.9 Å². The Balaban J connectivity index is 1.96. The normalized spacial score (nSPS) is 16.1. The predicted molar refractivity (Wildman–Crippen MR) is 95.5 cm³/mol. The highest BCUT2D eigenvalue weighted by atomic mass is 32.2. The van der Waals surface area contributed by atoms with Gasteiger partial charge in [0.2, 0.25) is 0 Å². The Morgan fingerprint density at radius 1 is 1.30 bits per heavy atom. The molecule has 0 fully saturated rings. The number of phenols is 1. The number of nitrogens with one attached hydrogen (secondary N) is 2. The molecule has 3 N–H and O–H groups in total. The van der Waals surface area contributed by atoms with E-state index in [1.807, 2.05) is 0 Å². The van der Waals surface area contributed by atoms with Crippen molar-refractivity contribution in [2.75, 3.05) is 10.0 Å². The molecule has 0 saturated heterocycles. The van der Waals surface area contributed by atoms with Crippen LogP contribution in [-0.4, -0.2) is 30.5 Å². The molecule has 1 heterocycles. The van der Waals surface area contributed by atoms with Crippen LogP contribution in [0.25, 0.3) is 0 Å². The molecule has 142 valence electrons. The summed E-state index contributed by atoms with van der Waals surface area (Å²) < 4.78 is 33.0. The SMILES string of the molecule is Cc1cc(O)c([N+](=O)[O-])cc1S(=O)(=O)Nc1ccc2c(c1)NC(=O)[C@H](C)O2. The first kappa shape index (κ1) is 18.5. The van der Waals surface area contributed by atoms with E-state index in [1.54, 1.807) is 6.92 Å². The summed E-state index contributed by atoms with van der Waals surface area (Å²) in [5.41, 5.74) is -0.163. The van der Waals surface area contributed by atoms with Crippen molar-refractivity contribution in [2.45, 2.75) is 24.8 Å². The number of rotatable bonds is 4. The number of fused-ring (bicyclic) bond motifs is 1. The monoisotopic (exact) mass is 393 g/mol. The van der Waals surface area contributed by atoms with Crippen LogP contribution in [0.1, 0.15) is 12.5 Å². The van der Waals surface area contributed by atoms with Gasteiger partial charge in [0, 0.05) is 6.07 Å². The molecule has 0 saturated carbocycles. The number of hydrogen-bond acceptors (Lipinski definition) is 7. The van der Waals surface area contributed by atoms with Crippen molar-refractivity contribution in [3.63, 3.8) is 0 Å². The molecule has 0 bridgehead atoms. The van der Waals surface area contributed by atoms with Gasteiger partial charge in [0.05, 0.1) is 21.2 Å². The fourth-order valence-corrected chi connectivity index (χ4v) is 3.88. The van der Waals surface area contributed by atoms with Crippen LogP contribution in [-0.2, 0) is 14.8 Å². The fraction of sp³-hybridized carbons (Fsp3) is 0.188. The lowest BCUT2D eigenvalue weighted by molar-refractivity contribution is -0.386. The molecular formula is C16H15N3O7S. The summed E-state index contributed by atoms with van der Waals surface area (Å²) in [4.78, 5) is 21.4. The number of anilines is 2. The van der Waals surface area contributed by atoms with Crippen molar-refractivity contribution in [1.29, 1.82) is 0 Å². The maximum Gasteiger partial charge on any atom is 0.312 e. The molecule has 0 aliphatic carbocycles. The van der Waals surface area contributed by atoms with Crippen LogP contribution in [0.15, 0.2) is 35.2 Å². The molecule has 0 aromatic heterocycles. The van der Waals surface area contributed by atoms with Gasteiger partial charge in [0.1, 0.15) is 5.75 Å². The average Bonchev–Trinajstić information content (AvgIpc) is 2.55. The Labute approximate surface area is 154 Å². The van der Waals surface area contributed by atoms with Crippen LogP contribution in [0, 0.1) is 17.0 Å². The summed E-state index contributed by atoms with van der Waals surface area (Å²) in [5, 5.41) is 23.2. The number of sulfonamides is 1. The first-order valence-corrected chi connectivity index (χ1v) is 9.19. The van der Waals surface area contributed by atoms with Crippen molar-refractivity contribution in [3.05, 3.63) is 46.0 Å². The third-order valence-electron chi connectivity index (χ3n) is 3.92. The number of benzene rings is 2. The molecule has 1 aliphatic rings. The lowest BCUT2D eigenvalue weighted by Crippen LogP contribution is -2.34. The number of hydrogen-bond donors (Lipinski definition) is 3. The summed E-state index contributed by atoms with van der Waals surface area (Å²) in [6.07, 6.45) is -0.666. The molecule has 2 aromatic rings. The zero-order valence-electron chi connectivity index (χ0n) is 14.2. The van der Waals surface area contributed by atoms with Crippen LogP contribution >= 0.6 is 0 Å². The summed E-state index contributed by atoms with van der Waals surface area (Å²) in [7, 11) is -4.19. The van der Waals surface area contributed by atoms with Crippen LogP contribution < -0.4 is 14.8 Å². The average molecular weight is 393 g/mol. The van der Waals surface area contributed by atoms with Gasteiger partial charge >= 0.3 is 5.69 Å². The Morgan fingerprint density at radius 2 is 2.00 bits per heavy atom. The Bertz CT molecular complexity index is 1070. The van der Waals surface area contributed by atoms with Crippen molar-refractivity contribution in [3.8, 4) is 11.5 Å². The van der Waals surface area contributed by atoms with E-state index in [0.717, 1.165) is 12.1 Å². The number of nitrogens with zero attached hydrogens (tertiary/aromatic N) is 1. The minimum atomic E-state index is -4.19. The number of nitro groups is 1. The molecule has 10 nitrogen and oxygen atoms in total. The zero-order chi connectivity index (χ0) is 19.9. The van der Waals surface area contributed by atoms with Crippen molar-refractivity contribution in [1.82, 2.24) is 0 Å². The van der Waals surface area contributed by atoms with E-state index in [-0.39, 0.29) is 22.1 Å². The van der Waals surface area contributed by atoms with Crippen LogP contribution in [0.4, 0.5) is 17.1 Å². The quantitative estimate of drug-likeness (QED) is 0.532. The number of aromatic hydroxyl groups is 1. The van der Waals surface area contributed by atoms with Crippen LogP contribution in [0.5, 0.6) is 11.5 Å². The second kappa shape index (κ2) is 6.43. The van der Waals surface area contributed by atoms with Crippen LogP contribution in [0.3, 0.4) is 0 Å². The van der Waals surface area contributed by atoms with E-state index >= 15 is 0 Å². The molecule has 1 atom stereocenters. The van der Waals surface area contributed by atoms with E-state index in [0.29, 0.717) is 11.4 Å². The third-order valence-corrected chi connectivity index (χ3v) is 5.44. The predicted octanol–water partition coefficient (Wildman–Crippen LogP) is 2.13. The van der Waals surface area contributed by atoms with Gasteiger partial charge < -0.3 is 15.2 Å². The highest BCUT2D eigenvalue weighted by Crippen LogP contribution is 2.35. The summed E-state index contributed by atoms with van der Waals surface area (Å²) in [5.74, 6) is -0.603. The summed E-state index contributed by atoms with van der Waals surface area (Å²) in [6.45, 7) is 2.98. The van der Waals surface area contributed by atoms with Gasteiger partial charge in [-0.1, -0.05) is 0 Å². The molecule has 0 radical (unpaired) electrons. The number of carbonyl (C=O) groups excluding carboxylic acids is 1. The molecule has 0 unspecified atom stereocenters. The maximum absolute atomic E-state index is 12.7. The van der Waals surface area contributed by atoms with Crippen molar-refractivity contribution < 1.29 is 28.0 Å².